The molecule has 7 nitrogen and oxygen atoms in total. The van der Waals surface area contributed by atoms with E-state index in [1.165, 1.54) is 4.31 Å². The first-order chi connectivity index (χ1) is 10.0. The van der Waals surface area contributed by atoms with Gasteiger partial charge in [-0.25, -0.2) is 21.1 Å². The van der Waals surface area contributed by atoms with E-state index in [0.717, 1.165) is 17.5 Å². The summed E-state index contributed by atoms with van der Waals surface area (Å²) in [6.07, 6.45) is 1.10. The van der Waals surface area contributed by atoms with Crippen LogP contribution in [0.5, 0.6) is 0 Å². The molecule has 126 valence electrons. The Hall–Kier alpha value is -1.32. The topological polar surface area (TPSA) is 95.6 Å². The fraction of sp³-hybridized carbons (Fsp3) is 0.538. The summed E-state index contributed by atoms with van der Waals surface area (Å²) in [5, 5.41) is 3.12. The number of anilines is 2. The van der Waals surface area contributed by atoms with Crippen LogP contribution in [-0.2, 0) is 20.0 Å². The van der Waals surface area contributed by atoms with Crippen molar-refractivity contribution in [2.24, 2.45) is 0 Å². The second-order valence-corrected chi connectivity index (χ2v) is 9.17. The first kappa shape index (κ1) is 18.7. The molecule has 1 aromatic carbocycles. The van der Waals surface area contributed by atoms with Crippen molar-refractivity contribution in [3.8, 4) is 0 Å². The summed E-state index contributed by atoms with van der Waals surface area (Å²) in [7, 11) is -4.93. The van der Waals surface area contributed by atoms with Crippen LogP contribution in [-0.4, -0.2) is 53.3 Å². The van der Waals surface area contributed by atoms with Gasteiger partial charge in [0.15, 0.2) is 0 Å². The smallest absolute Gasteiger partial charge is 0.229 e. The Labute approximate surface area is 132 Å². The lowest BCUT2D eigenvalue weighted by molar-refractivity contribution is 0.481. The summed E-state index contributed by atoms with van der Waals surface area (Å²) < 4.78 is 49.4. The number of rotatable bonds is 8. The molecule has 9 heteroatoms. The van der Waals surface area contributed by atoms with Crippen LogP contribution in [0, 0.1) is 6.92 Å². The molecule has 0 spiro atoms. The molecule has 0 atom stereocenters. The molecule has 0 heterocycles. The van der Waals surface area contributed by atoms with Gasteiger partial charge in [-0.3, -0.25) is 4.72 Å². The third-order valence-electron chi connectivity index (χ3n) is 3.12. The van der Waals surface area contributed by atoms with Crippen LogP contribution in [0.15, 0.2) is 18.2 Å². The predicted octanol–water partition coefficient (Wildman–Crippen LogP) is 1.06. The molecule has 22 heavy (non-hydrogen) atoms. The van der Waals surface area contributed by atoms with Crippen LogP contribution >= 0.6 is 0 Å². The summed E-state index contributed by atoms with van der Waals surface area (Å²) in [6, 6.07) is 5.22. The molecule has 0 fully saturated rings. The minimum Gasteiger partial charge on any atom is -0.384 e. The second-order valence-electron chi connectivity index (χ2n) is 5.05. The van der Waals surface area contributed by atoms with Crippen molar-refractivity contribution in [3.05, 3.63) is 23.8 Å². The quantitative estimate of drug-likeness (QED) is 0.732. The van der Waals surface area contributed by atoms with E-state index in [1.807, 2.05) is 6.07 Å². The lowest BCUT2D eigenvalue weighted by Gasteiger charge is -2.17. The van der Waals surface area contributed by atoms with E-state index in [0.29, 0.717) is 18.8 Å². The van der Waals surface area contributed by atoms with Gasteiger partial charge in [0.1, 0.15) is 0 Å². The largest absolute Gasteiger partial charge is 0.384 e. The monoisotopic (exact) mass is 349 g/mol. The highest BCUT2D eigenvalue weighted by molar-refractivity contribution is 7.92. The minimum atomic E-state index is -3.30. The van der Waals surface area contributed by atoms with Gasteiger partial charge in [0.25, 0.3) is 0 Å². The first-order valence-corrected chi connectivity index (χ1v) is 10.3. The molecule has 0 aliphatic rings. The third-order valence-corrected chi connectivity index (χ3v) is 5.57. The van der Waals surface area contributed by atoms with E-state index in [4.69, 9.17) is 0 Å². The molecule has 0 saturated carbocycles. The average molecular weight is 349 g/mol. The van der Waals surface area contributed by atoms with E-state index in [1.54, 1.807) is 33.0 Å². The van der Waals surface area contributed by atoms with E-state index >= 15 is 0 Å². The number of hydrogen-bond acceptors (Lipinski definition) is 5. The Balaban J connectivity index is 2.64. The SMILES string of the molecule is CCS(=O)(=O)N(C)CCNc1ccc(NS(C)(=O)=O)c(C)c1. The highest BCUT2D eigenvalue weighted by atomic mass is 32.2. The Morgan fingerprint density at radius 1 is 1.18 bits per heavy atom. The van der Waals surface area contributed by atoms with Crippen LogP contribution < -0.4 is 10.0 Å². The van der Waals surface area contributed by atoms with E-state index in [9.17, 15) is 16.8 Å². The van der Waals surface area contributed by atoms with Crippen LogP contribution in [0.25, 0.3) is 0 Å². The van der Waals surface area contributed by atoms with Crippen molar-refractivity contribution in [1.82, 2.24) is 4.31 Å². The molecule has 0 amide bonds. The Bertz CT molecular complexity index is 715. The van der Waals surface area contributed by atoms with E-state index in [-0.39, 0.29) is 5.75 Å². The van der Waals surface area contributed by atoms with Crippen LogP contribution in [0.2, 0.25) is 0 Å². The highest BCUT2D eigenvalue weighted by Crippen LogP contribution is 2.20. The molecule has 0 saturated heterocycles. The zero-order valence-corrected chi connectivity index (χ0v) is 14.9. The standard InChI is InChI=1S/C13H23N3O4S2/c1-5-22(19,20)16(3)9-8-14-12-6-7-13(11(2)10-12)15-21(4,17)18/h6-7,10,14-15H,5,8-9H2,1-4H3. The molecule has 0 aliphatic heterocycles. The number of nitrogens with zero attached hydrogens (tertiary/aromatic N) is 1. The Morgan fingerprint density at radius 3 is 2.32 bits per heavy atom. The van der Waals surface area contributed by atoms with Gasteiger partial charge in [0, 0.05) is 25.8 Å². The molecule has 0 aliphatic carbocycles. The summed E-state index contributed by atoms with van der Waals surface area (Å²) >= 11 is 0. The maximum Gasteiger partial charge on any atom is 0.229 e. The molecule has 1 aromatic rings. The maximum atomic E-state index is 11.6. The van der Waals surface area contributed by atoms with Gasteiger partial charge in [-0.1, -0.05) is 0 Å². The van der Waals surface area contributed by atoms with Crippen molar-refractivity contribution in [2.75, 3.05) is 42.2 Å². The number of likely N-dealkylation sites (N-methyl/N-ethyl adjacent to an activating group) is 1. The van der Waals surface area contributed by atoms with Gasteiger partial charge < -0.3 is 5.32 Å². The molecule has 2 N–H and O–H groups in total. The van der Waals surface area contributed by atoms with Crippen molar-refractivity contribution in [2.45, 2.75) is 13.8 Å². The maximum absolute atomic E-state index is 11.6. The lowest BCUT2D eigenvalue weighted by atomic mass is 10.2. The third kappa shape index (κ3) is 5.82. The fourth-order valence-corrected chi connectivity index (χ4v) is 3.24. The molecular formula is C13H23N3O4S2. The van der Waals surface area contributed by atoms with Gasteiger partial charge in [-0.05, 0) is 37.6 Å². The minimum absolute atomic E-state index is 0.0778. The van der Waals surface area contributed by atoms with Crippen molar-refractivity contribution in [3.63, 3.8) is 0 Å². The van der Waals surface area contributed by atoms with Crippen molar-refractivity contribution in [1.29, 1.82) is 0 Å². The van der Waals surface area contributed by atoms with Gasteiger partial charge >= 0.3 is 0 Å². The van der Waals surface area contributed by atoms with Gasteiger partial charge in [-0.2, -0.15) is 0 Å². The molecular weight excluding hydrogens is 326 g/mol. The van der Waals surface area contributed by atoms with Gasteiger partial charge in [-0.15, -0.1) is 0 Å². The van der Waals surface area contributed by atoms with Crippen molar-refractivity contribution >= 4 is 31.4 Å². The molecule has 0 bridgehead atoms. The average Bonchev–Trinajstić information content (AvgIpc) is 2.40. The molecule has 0 aromatic heterocycles. The molecule has 0 unspecified atom stereocenters. The molecule has 0 radical (unpaired) electrons. The number of nitrogens with one attached hydrogen (secondary N) is 2. The van der Waals surface area contributed by atoms with Gasteiger partial charge in [0.05, 0.1) is 17.7 Å². The first-order valence-electron chi connectivity index (χ1n) is 6.81. The summed E-state index contributed by atoms with van der Waals surface area (Å²) in [6.45, 7) is 4.23. The number of sulfonamides is 2. The number of benzene rings is 1. The summed E-state index contributed by atoms with van der Waals surface area (Å²) in [5.74, 6) is 0.0778. The Morgan fingerprint density at radius 2 is 1.82 bits per heavy atom. The molecule has 1 rings (SSSR count). The Kier molecular flexibility index (Phi) is 6.21. The zero-order chi connectivity index (χ0) is 17.0. The number of hydrogen-bond donors (Lipinski definition) is 2. The van der Waals surface area contributed by atoms with Gasteiger partial charge in [0.2, 0.25) is 20.0 Å². The summed E-state index contributed by atoms with van der Waals surface area (Å²) in [4.78, 5) is 0. The lowest BCUT2D eigenvalue weighted by Crippen LogP contribution is -2.32. The predicted molar refractivity (Wildman–Crippen MR) is 90.2 cm³/mol. The normalized spacial score (nSPS) is 12.4. The van der Waals surface area contributed by atoms with Crippen LogP contribution in [0.4, 0.5) is 11.4 Å². The van der Waals surface area contributed by atoms with Crippen LogP contribution in [0.1, 0.15) is 12.5 Å². The van der Waals surface area contributed by atoms with Crippen molar-refractivity contribution < 1.29 is 16.8 Å². The van der Waals surface area contributed by atoms with E-state index < -0.39 is 20.0 Å². The highest BCUT2D eigenvalue weighted by Gasteiger charge is 2.14. The fourth-order valence-electron chi connectivity index (χ4n) is 1.81. The zero-order valence-electron chi connectivity index (χ0n) is 13.3. The number of aryl methyl sites for hydroxylation is 1. The summed E-state index contributed by atoms with van der Waals surface area (Å²) in [5.41, 5.74) is 2.11. The van der Waals surface area contributed by atoms with E-state index in [2.05, 4.69) is 10.0 Å². The van der Waals surface area contributed by atoms with Crippen LogP contribution in [0.3, 0.4) is 0 Å². The second kappa shape index (κ2) is 7.30.